The molecule has 21 heavy (non-hydrogen) atoms. The van der Waals surface area contributed by atoms with Crippen molar-refractivity contribution in [1.29, 1.82) is 0 Å². The summed E-state index contributed by atoms with van der Waals surface area (Å²) in [6.45, 7) is 5.37. The lowest BCUT2D eigenvalue weighted by Crippen LogP contribution is -3.11. The fourth-order valence-corrected chi connectivity index (χ4v) is 1.92. The number of quaternary nitrogens is 1. The Balaban J connectivity index is 2.30. The first-order valence-electron chi connectivity index (χ1n) is 7.45. The molecule has 0 radical (unpaired) electrons. The smallest absolute Gasteiger partial charge is 0.279 e. The Morgan fingerprint density at radius 1 is 1.10 bits per heavy atom. The molecule has 5 heteroatoms. The lowest BCUT2D eigenvalue weighted by Gasteiger charge is -2.13. The number of carbonyl (C=O) groups excluding carboxylic acids is 2. The van der Waals surface area contributed by atoms with E-state index in [1.807, 2.05) is 38.2 Å². The molecule has 0 heterocycles. The molecule has 0 aromatic heterocycles. The summed E-state index contributed by atoms with van der Waals surface area (Å²) in [6.07, 6.45) is 2.04. The number of benzene rings is 1. The molecule has 0 saturated carbocycles. The van der Waals surface area contributed by atoms with Gasteiger partial charge >= 0.3 is 0 Å². The Labute approximate surface area is 126 Å². The molecule has 1 aromatic carbocycles. The van der Waals surface area contributed by atoms with E-state index in [0.29, 0.717) is 13.1 Å². The Hall–Kier alpha value is -1.88. The molecule has 1 rings (SSSR count). The van der Waals surface area contributed by atoms with Gasteiger partial charge in [0, 0.05) is 12.2 Å². The molecule has 5 nitrogen and oxygen atoms in total. The summed E-state index contributed by atoms with van der Waals surface area (Å²) in [5.41, 5.74) is 1.94. The van der Waals surface area contributed by atoms with Crippen molar-refractivity contribution in [3.63, 3.8) is 0 Å². The summed E-state index contributed by atoms with van der Waals surface area (Å²) in [7, 11) is 1.84. The van der Waals surface area contributed by atoms with E-state index in [1.54, 1.807) is 0 Å². The van der Waals surface area contributed by atoms with Crippen LogP contribution in [0.1, 0.15) is 25.3 Å². The molecule has 0 spiro atoms. The second-order valence-corrected chi connectivity index (χ2v) is 5.43. The van der Waals surface area contributed by atoms with Crippen LogP contribution in [0.25, 0.3) is 0 Å². The van der Waals surface area contributed by atoms with E-state index in [-0.39, 0.29) is 18.4 Å². The van der Waals surface area contributed by atoms with Crippen molar-refractivity contribution in [3.8, 4) is 0 Å². The van der Waals surface area contributed by atoms with E-state index in [4.69, 9.17) is 0 Å². The molecule has 3 N–H and O–H groups in total. The molecule has 1 aromatic rings. The zero-order valence-corrected chi connectivity index (χ0v) is 13.2. The van der Waals surface area contributed by atoms with Crippen molar-refractivity contribution >= 4 is 17.5 Å². The largest absolute Gasteiger partial charge is 0.351 e. The third-order valence-electron chi connectivity index (χ3n) is 3.11. The van der Waals surface area contributed by atoms with Gasteiger partial charge in [0.15, 0.2) is 13.1 Å². The molecule has 0 aliphatic heterocycles. The van der Waals surface area contributed by atoms with Crippen LogP contribution in [0.5, 0.6) is 0 Å². The van der Waals surface area contributed by atoms with Gasteiger partial charge in [-0.15, -0.1) is 0 Å². The Kier molecular flexibility index (Phi) is 7.46. The minimum Gasteiger partial charge on any atom is -0.351 e. The summed E-state index contributed by atoms with van der Waals surface area (Å²) in [5.74, 6) is -0.0956. The van der Waals surface area contributed by atoms with Gasteiger partial charge in [-0.1, -0.05) is 31.0 Å². The molecule has 0 bridgehead atoms. The van der Waals surface area contributed by atoms with Crippen LogP contribution in [0, 0.1) is 6.92 Å². The quantitative estimate of drug-likeness (QED) is 0.606. The lowest BCUT2D eigenvalue weighted by molar-refractivity contribution is -0.862. The van der Waals surface area contributed by atoms with E-state index in [1.165, 1.54) is 0 Å². The van der Waals surface area contributed by atoms with Gasteiger partial charge in [0.05, 0.1) is 7.05 Å². The first-order valence-corrected chi connectivity index (χ1v) is 7.45. The van der Waals surface area contributed by atoms with Gasteiger partial charge < -0.3 is 15.5 Å². The SMILES string of the molecule is CCCCNC(=O)C[NH+](C)CC(=O)Nc1ccc(C)cc1. The van der Waals surface area contributed by atoms with Crippen LogP contribution >= 0.6 is 0 Å². The second kappa shape index (κ2) is 9.13. The number of rotatable bonds is 8. The molecule has 116 valence electrons. The van der Waals surface area contributed by atoms with Gasteiger partial charge in [0.25, 0.3) is 11.8 Å². The summed E-state index contributed by atoms with van der Waals surface area (Å²) in [5, 5.41) is 5.69. The predicted octanol–water partition coefficient (Wildman–Crippen LogP) is 0.365. The third-order valence-corrected chi connectivity index (χ3v) is 3.11. The number of anilines is 1. The number of aryl methyl sites for hydroxylation is 1. The van der Waals surface area contributed by atoms with Gasteiger partial charge in [-0.3, -0.25) is 9.59 Å². The van der Waals surface area contributed by atoms with E-state index >= 15 is 0 Å². The van der Waals surface area contributed by atoms with Crippen molar-refractivity contribution < 1.29 is 14.5 Å². The van der Waals surface area contributed by atoms with Gasteiger partial charge in [-0.25, -0.2) is 0 Å². The first-order chi connectivity index (χ1) is 10.0. The minimum atomic E-state index is -0.0855. The highest BCUT2D eigenvalue weighted by atomic mass is 16.2. The van der Waals surface area contributed by atoms with Crippen LogP contribution < -0.4 is 15.5 Å². The monoisotopic (exact) mass is 292 g/mol. The van der Waals surface area contributed by atoms with Crippen LogP contribution in [0.15, 0.2) is 24.3 Å². The van der Waals surface area contributed by atoms with Gasteiger partial charge in [0.1, 0.15) is 0 Å². The number of unbranched alkanes of at least 4 members (excludes halogenated alkanes) is 1. The van der Waals surface area contributed by atoms with Gasteiger partial charge in [-0.2, -0.15) is 0 Å². The van der Waals surface area contributed by atoms with Crippen LogP contribution in [0.3, 0.4) is 0 Å². The van der Waals surface area contributed by atoms with Crippen molar-refractivity contribution in [2.75, 3.05) is 32.0 Å². The van der Waals surface area contributed by atoms with E-state index < -0.39 is 0 Å². The number of amides is 2. The highest BCUT2D eigenvalue weighted by Crippen LogP contribution is 2.07. The summed E-state index contributed by atoms with van der Waals surface area (Å²) in [6, 6.07) is 7.65. The molecule has 1 atom stereocenters. The highest BCUT2D eigenvalue weighted by Gasteiger charge is 2.13. The second-order valence-electron chi connectivity index (χ2n) is 5.43. The van der Waals surface area contributed by atoms with Crippen LogP contribution in [-0.4, -0.2) is 38.5 Å². The summed E-state index contributed by atoms with van der Waals surface area (Å²) >= 11 is 0. The molecule has 0 aliphatic carbocycles. The Morgan fingerprint density at radius 3 is 2.33 bits per heavy atom. The summed E-state index contributed by atoms with van der Waals surface area (Å²) in [4.78, 5) is 24.4. The number of hydrogen-bond acceptors (Lipinski definition) is 2. The minimum absolute atomic E-state index is 0.0101. The Bertz CT molecular complexity index is 457. The normalized spacial score (nSPS) is 11.8. The van der Waals surface area contributed by atoms with Crippen molar-refractivity contribution in [2.24, 2.45) is 0 Å². The molecule has 1 unspecified atom stereocenters. The van der Waals surface area contributed by atoms with Crippen molar-refractivity contribution in [3.05, 3.63) is 29.8 Å². The van der Waals surface area contributed by atoms with E-state index in [0.717, 1.165) is 29.0 Å². The van der Waals surface area contributed by atoms with Crippen LogP contribution in [0.4, 0.5) is 5.69 Å². The average molecular weight is 292 g/mol. The van der Waals surface area contributed by atoms with Crippen molar-refractivity contribution in [2.45, 2.75) is 26.7 Å². The number of nitrogens with one attached hydrogen (secondary N) is 3. The first kappa shape index (κ1) is 17.2. The zero-order chi connectivity index (χ0) is 15.7. The van der Waals surface area contributed by atoms with E-state index in [9.17, 15) is 9.59 Å². The van der Waals surface area contributed by atoms with Gasteiger partial charge in [-0.05, 0) is 25.5 Å². The third kappa shape index (κ3) is 7.46. The molecule has 0 fully saturated rings. The number of hydrogen-bond donors (Lipinski definition) is 3. The van der Waals surface area contributed by atoms with Crippen LogP contribution in [-0.2, 0) is 9.59 Å². The summed E-state index contributed by atoms with van der Waals surface area (Å²) < 4.78 is 0. The maximum atomic E-state index is 11.9. The predicted molar refractivity (Wildman–Crippen MR) is 84.3 cm³/mol. The highest BCUT2D eigenvalue weighted by molar-refractivity contribution is 5.91. The molecular weight excluding hydrogens is 266 g/mol. The van der Waals surface area contributed by atoms with Crippen molar-refractivity contribution in [1.82, 2.24) is 5.32 Å². The molecular formula is C16H26N3O2+. The van der Waals surface area contributed by atoms with Gasteiger partial charge in [0.2, 0.25) is 0 Å². The molecule has 2 amide bonds. The average Bonchev–Trinajstić information content (AvgIpc) is 2.41. The number of likely N-dealkylation sites (N-methyl/N-ethyl adjacent to an activating group) is 1. The zero-order valence-electron chi connectivity index (χ0n) is 13.2. The number of carbonyl (C=O) groups is 2. The molecule has 0 aliphatic rings. The van der Waals surface area contributed by atoms with Crippen LogP contribution in [0.2, 0.25) is 0 Å². The maximum Gasteiger partial charge on any atom is 0.279 e. The molecule has 0 saturated heterocycles. The fraction of sp³-hybridized carbons (Fsp3) is 0.500. The fourth-order valence-electron chi connectivity index (χ4n) is 1.92. The van der Waals surface area contributed by atoms with E-state index in [2.05, 4.69) is 17.6 Å². The maximum absolute atomic E-state index is 11.9. The lowest BCUT2D eigenvalue weighted by atomic mass is 10.2. The standard InChI is InChI=1S/C16H25N3O2/c1-4-5-10-17-15(20)11-19(3)12-16(21)18-14-8-6-13(2)7-9-14/h6-9H,4-5,10-12H2,1-3H3,(H,17,20)(H,18,21)/p+1. The topological polar surface area (TPSA) is 62.6 Å². The Morgan fingerprint density at radius 2 is 1.71 bits per heavy atom.